The molecule has 0 saturated carbocycles. The molecule has 1 heterocycles. The van der Waals surface area contributed by atoms with Gasteiger partial charge in [0.05, 0.1) is 24.8 Å². The average Bonchev–Trinajstić information content (AvgIpc) is 2.66. The zero-order chi connectivity index (χ0) is 19.7. The van der Waals surface area contributed by atoms with Gasteiger partial charge in [0.15, 0.2) is 23.2 Å². The molecule has 0 saturated heterocycles. The second kappa shape index (κ2) is 7.14. The van der Waals surface area contributed by atoms with Crippen LogP contribution in [0.5, 0.6) is 5.75 Å². The van der Waals surface area contributed by atoms with Crippen LogP contribution in [-0.4, -0.2) is 18.2 Å². The van der Waals surface area contributed by atoms with Crippen molar-refractivity contribution < 1.29 is 32.2 Å². The Bertz CT molecular complexity index is 1070. The number of para-hydroxylation sites is 1. The maximum absolute atomic E-state index is 13.7. The molecular formula is C19H13F3O5. The summed E-state index contributed by atoms with van der Waals surface area (Å²) < 4.78 is 50.8. The van der Waals surface area contributed by atoms with Gasteiger partial charge < -0.3 is 14.3 Å². The summed E-state index contributed by atoms with van der Waals surface area (Å²) in [6.45, 7) is 0. The summed E-state index contributed by atoms with van der Waals surface area (Å²) in [5.41, 5.74) is -0.872. The number of fused-ring (bicyclic) bond motifs is 1. The zero-order valence-corrected chi connectivity index (χ0v) is 14.0. The van der Waals surface area contributed by atoms with E-state index < -0.39 is 46.9 Å². The Labute approximate surface area is 150 Å². The predicted molar refractivity (Wildman–Crippen MR) is 88.9 cm³/mol. The Morgan fingerprint density at radius 2 is 1.81 bits per heavy atom. The van der Waals surface area contributed by atoms with Gasteiger partial charge in [-0.15, -0.1) is 0 Å². The first-order valence-corrected chi connectivity index (χ1v) is 7.79. The van der Waals surface area contributed by atoms with Crippen LogP contribution in [-0.2, 0) is 9.53 Å². The van der Waals surface area contributed by atoms with Gasteiger partial charge in [-0.3, -0.25) is 9.59 Å². The summed E-state index contributed by atoms with van der Waals surface area (Å²) in [6, 6.07) is 7.37. The summed E-state index contributed by atoms with van der Waals surface area (Å²) in [5, 5.41) is 10.4. The van der Waals surface area contributed by atoms with Crippen LogP contribution in [0.2, 0.25) is 0 Å². The van der Waals surface area contributed by atoms with Gasteiger partial charge in [-0.05, 0) is 29.8 Å². The molecule has 1 aromatic heterocycles. The molecule has 0 aliphatic rings. The number of ether oxygens (including phenoxy) is 1. The molecule has 0 fully saturated rings. The van der Waals surface area contributed by atoms with Crippen molar-refractivity contribution in [1.29, 1.82) is 0 Å². The maximum atomic E-state index is 13.7. The van der Waals surface area contributed by atoms with E-state index >= 15 is 0 Å². The van der Waals surface area contributed by atoms with Crippen LogP contribution >= 0.6 is 0 Å². The van der Waals surface area contributed by atoms with E-state index in [2.05, 4.69) is 4.74 Å². The summed E-state index contributed by atoms with van der Waals surface area (Å²) in [6.07, 6.45) is -0.504. The molecule has 0 aliphatic carbocycles. The van der Waals surface area contributed by atoms with E-state index in [0.29, 0.717) is 12.1 Å². The molecule has 0 spiro atoms. The molecule has 5 nitrogen and oxygen atoms in total. The van der Waals surface area contributed by atoms with E-state index in [1.807, 2.05) is 0 Å². The molecule has 2 aromatic carbocycles. The number of methoxy groups -OCH3 is 1. The summed E-state index contributed by atoms with van der Waals surface area (Å²) in [5.74, 6) is -7.91. The highest BCUT2D eigenvalue weighted by molar-refractivity contribution is 5.78. The molecule has 1 N–H and O–H groups in total. The summed E-state index contributed by atoms with van der Waals surface area (Å²) in [7, 11) is 1.10. The molecule has 140 valence electrons. The van der Waals surface area contributed by atoms with Gasteiger partial charge in [-0.2, -0.15) is 0 Å². The minimum atomic E-state index is -1.68. The lowest BCUT2D eigenvalue weighted by Crippen LogP contribution is -2.14. The van der Waals surface area contributed by atoms with Crippen molar-refractivity contribution >= 4 is 16.9 Å². The number of esters is 1. The Balaban J connectivity index is 2.26. The van der Waals surface area contributed by atoms with Crippen LogP contribution in [0, 0.1) is 17.5 Å². The normalized spacial score (nSPS) is 12.1. The number of halogens is 3. The quantitative estimate of drug-likeness (QED) is 0.554. The van der Waals surface area contributed by atoms with Crippen LogP contribution in [0.1, 0.15) is 23.7 Å². The monoisotopic (exact) mass is 378 g/mol. The minimum absolute atomic E-state index is 0.0898. The van der Waals surface area contributed by atoms with Crippen molar-refractivity contribution in [1.82, 2.24) is 0 Å². The molecule has 3 aromatic rings. The topological polar surface area (TPSA) is 76.7 Å². The molecule has 0 radical (unpaired) electrons. The fraction of sp³-hybridized carbons (Fsp3) is 0.158. The number of rotatable bonds is 4. The lowest BCUT2D eigenvalue weighted by atomic mass is 9.91. The highest BCUT2D eigenvalue weighted by Gasteiger charge is 2.28. The number of carbonyl (C=O) groups is 1. The number of aromatic hydroxyl groups is 1. The molecular weight excluding hydrogens is 365 g/mol. The van der Waals surface area contributed by atoms with Crippen molar-refractivity contribution in [2.24, 2.45) is 0 Å². The van der Waals surface area contributed by atoms with Crippen LogP contribution in [0.15, 0.2) is 45.6 Å². The number of hydrogen-bond acceptors (Lipinski definition) is 5. The first-order chi connectivity index (χ1) is 12.8. The van der Waals surface area contributed by atoms with Gasteiger partial charge in [-0.1, -0.05) is 12.1 Å². The standard InChI is InChI=1S/C19H13F3O5/c1-26-15(23)8-11(9-6-12(20)16(22)13(21)7-9)19-18(25)17(24)10-4-2-3-5-14(10)27-19/h2-7,11,25H,8H2,1H3. The Morgan fingerprint density at radius 3 is 2.44 bits per heavy atom. The van der Waals surface area contributed by atoms with E-state index in [0.717, 1.165) is 7.11 Å². The number of benzene rings is 2. The summed E-state index contributed by atoms with van der Waals surface area (Å²) >= 11 is 0. The lowest BCUT2D eigenvalue weighted by Gasteiger charge is -2.17. The van der Waals surface area contributed by atoms with Gasteiger partial charge in [-0.25, -0.2) is 13.2 Å². The lowest BCUT2D eigenvalue weighted by molar-refractivity contribution is -0.140. The molecule has 0 bridgehead atoms. The molecule has 1 unspecified atom stereocenters. The largest absolute Gasteiger partial charge is 0.502 e. The fourth-order valence-corrected chi connectivity index (χ4v) is 2.77. The molecule has 8 heteroatoms. The van der Waals surface area contributed by atoms with E-state index in [4.69, 9.17) is 4.42 Å². The summed E-state index contributed by atoms with van der Waals surface area (Å²) in [4.78, 5) is 24.2. The first-order valence-electron chi connectivity index (χ1n) is 7.79. The van der Waals surface area contributed by atoms with Gasteiger partial charge in [0.25, 0.3) is 0 Å². The van der Waals surface area contributed by atoms with Crippen LogP contribution in [0.4, 0.5) is 13.2 Å². The molecule has 0 aliphatic heterocycles. The Hall–Kier alpha value is -3.29. The molecule has 0 amide bonds. The highest BCUT2D eigenvalue weighted by atomic mass is 19.2. The van der Waals surface area contributed by atoms with Crippen molar-refractivity contribution in [3.05, 3.63) is 75.4 Å². The van der Waals surface area contributed by atoms with Gasteiger partial charge in [0.1, 0.15) is 5.58 Å². The average molecular weight is 378 g/mol. The minimum Gasteiger partial charge on any atom is -0.502 e. The van der Waals surface area contributed by atoms with E-state index in [1.54, 1.807) is 12.1 Å². The Morgan fingerprint density at radius 1 is 1.19 bits per heavy atom. The molecule has 27 heavy (non-hydrogen) atoms. The van der Waals surface area contributed by atoms with Crippen LogP contribution in [0.3, 0.4) is 0 Å². The van der Waals surface area contributed by atoms with Gasteiger partial charge >= 0.3 is 5.97 Å². The van der Waals surface area contributed by atoms with Crippen molar-refractivity contribution in [2.45, 2.75) is 12.3 Å². The molecule has 3 rings (SSSR count). The third-order valence-corrected chi connectivity index (χ3v) is 4.12. The number of carbonyl (C=O) groups excluding carboxylic acids is 1. The van der Waals surface area contributed by atoms with Crippen LogP contribution in [0.25, 0.3) is 11.0 Å². The van der Waals surface area contributed by atoms with Gasteiger partial charge in [0, 0.05) is 0 Å². The third kappa shape index (κ3) is 3.38. The first kappa shape index (κ1) is 18.5. The molecule has 1 atom stereocenters. The maximum Gasteiger partial charge on any atom is 0.306 e. The second-order valence-corrected chi connectivity index (χ2v) is 5.77. The third-order valence-electron chi connectivity index (χ3n) is 4.12. The smallest absolute Gasteiger partial charge is 0.306 e. The number of hydrogen-bond donors (Lipinski definition) is 1. The van der Waals surface area contributed by atoms with Gasteiger partial charge in [0.2, 0.25) is 11.2 Å². The Kier molecular flexibility index (Phi) is 4.89. The van der Waals surface area contributed by atoms with E-state index in [1.165, 1.54) is 12.1 Å². The predicted octanol–water partition coefficient (Wildman–Crippen LogP) is 3.61. The van der Waals surface area contributed by atoms with Crippen molar-refractivity contribution in [2.75, 3.05) is 7.11 Å². The van der Waals surface area contributed by atoms with Crippen molar-refractivity contribution in [3.8, 4) is 5.75 Å². The van der Waals surface area contributed by atoms with Crippen molar-refractivity contribution in [3.63, 3.8) is 0 Å². The van der Waals surface area contributed by atoms with E-state index in [9.17, 15) is 27.9 Å². The van der Waals surface area contributed by atoms with E-state index in [-0.39, 0.29) is 22.3 Å². The SMILES string of the molecule is COC(=O)CC(c1cc(F)c(F)c(F)c1)c1oc2ccccc2c(=O)c1O. The highest BCUT2D eigenvalue weighted by Crippen LogP contribution is 2.35. The fourth-order valence-electron chi connectivity index (χ4n) is 2.77. The zero-order valence-electron chi connectivity index (χ0n) is 14.0. The second-order valence-electron chi connectivity index (χ2n) is 5.77. The van der Waals surface area contributed by atoms with Crippen LogP contribution < -0.4 is 5.43 Å².